The highest BCUT2D eigenvalue weighted by atomic mass is 16.3. The van der Waals surface area contributed by atoms with Gasteiger partial charge in [-0.2, -0.15) is 0 Å². The van der Waals surface area contributed by atoms with E-state index in [1.54, 1.807) is 0 Å². The summed E-state index contributed by atoms with van der Waals surface area (Å²) in [6.45, 7) is 10.1. The maximum atomic E-state index is 9.19. The molecule has 90 valence electrons. The molecule has 2 heteroatoms. The van der Waals surface area contributed by atoms with Gasteiger partial charge in [0.1, 0.15) is 0 Å². The average Bonchev–Trinajstić information content (AvgIpc) is 2.14. The van der Waals surface area contributed by atoms with Gasteiger partial charge in [-0.1, -0.05) is 34.1 Å². The molecule has 0 heterocycles. The lowest BCUT2D eigenvalue weighted by Gasteiger charge is -2.37. The van der Waals surface area contributed by atoms with E-state index in [9.17, 15) is 5.11 Å². The lowest BCUT2D eigenvalue weighted by Crippen LogP contribution is -2.42. The number of hydrogen-bond acceptors (Lipinski definition) is 2. The number of hydrogen-bond donors (Lipinski definition) is 2. The fourth-order valence-corrected chi connectivity index (χ4v) is 2.35. The third-order valence-corrected chi connectivity index (χ3v) is 3.50. The van der Waals surface area contributed by atoms with Crippen LogP contribution in [0.3, 0.4) is 0 Å². The van der Waals surface area contributed by atoms with E-state index in [0.717, 1.165) is 6.54 Å². The SMILES string of the molecule is CC(C)(CO)CNC1CCCC(C)(C)C1. The molecule has 0 aromatic carbocycles. The van der Waals surface area contributed by atoms with Gasteiger partial charge in [-0.15, -0.1) is 0 Å². The standard InChI is InChI=1S/C13H27NO/c1-12(2)7-5-6-11(8-12)14-9-13(3,4)10-15/h11,14-15H,5-10H2,1-4H3. The number of aliphatic hydroxyl groups excluding tert-OH is 1. The lowest BCUT2D eigenvalue weighted by molar-refractivity contribution is 0.137. The Labute approximate surface area is 94.5 Å². The quantitative estimate of drug-likeness (QED) is 0.752. The Morgan fingerprint density at radius 1 is 1.40 bits per heavy atom. The van der Waals surface area contributed by atoms with E-state index in [0.29, 0.717) is 11.5 Å². The number of nitrogens with one attached hydrogen (secondary N) is 1. The zero-order valence-corrected chi connectivity index (χ0v) is 10.8. The molecule has 0 aliphatic heterocycles. The summed E-state index contributed by atoms with van der Waals surface area (Å²) in [6, 6.07) is 0.652. The van der Waals surface area contributed by atoms with Crippen LogP contribution in [0, 0.1) is 10.8 Å². The second kappa shape index (κ2) is 4.84. The first-order valence-electron chi connectivity index (χ1n) is 6.19. The minimum absolute atomic E-state index is 0.0155. The van der Waals surface area contributed by atoms with Gasteiger partial charge in [0.05, 0.1) is 0 Å². The molecule has 0 radical (unpaired) electrons. The molecular formula is C13H27NO. The van der Waals surface area contributed by atoms with Crippen LogP contribution in [0.15, 0.2) is 0 Å². The number of rotatable bonds is 4. The molecule has 1 saturated carbocycles. The molecular weight excluding hydrogens is 186 g/mol. The predicted octanol–water partition coefficient (Wildman–Crippen LogP) is 2.56. The van der Waals surface area contributed by atoms with Gasteiger partial charge in [0.2, 0.25) is 0 Å². The van der Waals surface area contributed by atoms with E-state index >= 15 is 0 Å². The monoisotopic (exact) mass is 213 g/mol. The molecule has 0 saturated heterocycles. The summed E-state index contributed by atoms with van der Waals surface area (Å²) < 4.78 is 0. The summed E-state index contributed by atoms with van der Waals surface area (Å²) in [5, 5.41) is 12.8. The van der Waals surface area contributed by atoms with Crippen molar-refractivity contribution in [1.29, 1.82) is 0 Å². The van der Waals surface area contributed by atoms with E-state index in [1.165, 1.54) is 25.7 Å². The van der Waals surface area contributed by atoms with Crippen molar-refractivity contribution in [2.45, 2.75) is 59.4 Å². The van der Waals surface area contributed by atoms with Crippen molar-refractivity contribution < 1.29 is 5.11 Å². The molecule has 1 atom stereocenters. The van der Waals surface area contributed by atoms with Gasteiger partial charge in [-0.25, -0.2) is 0 Å². The van der Waals surface area contributed by atoms with Crippen molar-refractivity contribution in [2.24, 2.45) is 10.8 Å². The third-order valence-electron chi connectivity index (χ3n) is 3.50. The molecule has 2 N–H and O–H groups in total. The molecule has 15 heavy (non-hydrogen) atoms. The Hall–Kier alpha value is -0.0800. The second-order valence-electron chi connectivity index (χ2n) is 6.66. The maximum Gasteiger partial charge on any atom is 0.0494 e. The van der Waals surface area contributed by atoms with Crippen LogP contribution in [0.5, 0.6) is 0 Å². The van der Waals surface area contributed by atoms with Crippen LogP contribution in [0.25, 0.3) is 0 Å². The molecule has 0 aromatic heterocycles. The molecule has 1 rings (SSSR count). The third kappa shape index (κ3) is 4.52. The topological polar surface area (TPSA) is 32.3 Å². The summed E-state index contributed by atoms with van der Waals surface area (Å²) in [7, 11) is 0. The van der Waals surface area contributed by atoms with E-state index in [2.05, 4.69) is 33.0 Å². The highest BCUT2D eigenvalue weighted by Gasteiger charge is 2.28. The summed E-state index contributed by atoms with van der Waals surface area (Å²) in [6.07, 6.45) is 5.26. The van der Waals surface area contributed by atoms with Gasteiger partial charge in [0, 0.05) is 24.6 Å². The van der Waals surface area contributed by atoms with E-state index in [1.807, 2.05) is 0 Å². The van der Waals surface area contributed by atoms with E-state index < -0.39 is 0 Å². The summed E-state index contributed by atoms with van der Waals surface area (Å²) in [5.74, 6) is 0. The van der Waals surface area contributed by atoms with Gasteiger partial charge in [-0.05, 0) is 24.7 Å². The Balaban J connectivity index is 2.33. The first-order chi connectivity index (χ1) is 6.85. The number of aliphatic hydroxyl groups is 1. The van der Waals surface area contributed by atoms with E-state index in [4.69, 9.17) is 0 Å². The van der Waals surface area contributed by atoms with Crippen molar-refractivity contribution >= 4 is 0 Å². The second-order valence-corrected chi connectivity index (χ2v) is 6.66. The van der Waals surface area contributed by atoms with Crippen molar-refractivity contribution in [3.63, 3.8) is 0 Å². The minimum atomic E-state index is 0.0155. The molecule has 1 aliphatic rings. The van der Waals surface area contributed by atoms with Crippen LogP contribution < -0.4 is 5.32 Å². The molecule has 1 aliphatic carbocycles. The van der Waals surface area contributed by atoms with Crippen LogP contribution in [0.2, 0.25) is 0 Å². The van der Waals surface area contributed by atoms with Crippen molar-refractivity contribution in [2.75, 3.05) is 13.2 Å². The highest BCUT2D eigenvalue weighted by Crippen LogP contribution is 2.35. The molecule has 0 amide bonds. The Kier molecular flexibility index (Phi) is 4.19. The van der Waals surface area contributed by atoms with Crippen molar-refractivity contribution in [3.8, 4) is 0 Å². The Morgan fingerprint density at radius 2 is 2.07 bits per heavy atom. The van der Waals surface area contributed by atoms with Crippen molar-refractivity contribution in [3.05, 3.63) is 0 Å². The van der Waals surface area contributed by atoms with E-state index in [-0.39, 0.29) is 12.0 Å². The molecule has 0 aromatic rings. The summed E-state index contributed by atoms with van der Waals surface area (Å²) in [5.41, 5.74) is 0.515. The van der Waals surface area contributed by atoms with Crippen LogP contribution in [0.1, 0.15) is 53.4 Å². The largest absolute Gasteiger partial charge is 0.396 e. The molecule has 0 spiro atoms. The van der Waals surface area contributed by atoms with Gasteiger partial charge < -0.3 is 10.4 Å². The molecule has 1 fully saturated rings. The summed E-state index contributed by atoms with van der Waals surface area (Å²) in [4.78, 5) is 0. The lowest BCUT2D eigenvalue weighted by atomic mass is 9.75. The van der Waals surface area contributed by atoms with Crippen LogP contribution >= 0.6 is 0 Å². The fourth-order valence-electron chi connectivity index (χ4n) is 2.35. The molecule has 0 bridgehead atoms. The Morgan fingerprint density at radius 3 is 2.60 bits per heavy atom. The van der Waals surface area contributed by atoms with Crippen molar-refractivity contribution in [1.82, 2.24) is 5.32 Å². The zero-order valence-electron chi connectivity index (χ0n) is 10.8. The smallest absolute Gasteiger partial charge is 0.0494 e. The summed E-state index contributed by atoms with van der Waals surface area (Å²) >= 11 is 0. The Bertz CT molecular complexity index is 199. The molecule has 2 nitrogen and oxygen atoms in total. The fraction of sp³-hybridized carbons (Fsp3) is 1.00. The van der Waals surface area contributed by atoms with Gasteiger partial charge in [0.25, 0.3) is 0 Å². The zero-order chi connectivity index (χ0) is 11.5. The predicted molar refractivity (Wildman–Crippen MR) is 64.9 cm³/mol. The van der Waals surface area contributed by atoms with Gasteiger partial charge >= 0.3 is 0 Å². The first-order valence-corrected chi connectivity index (χ1v) is 6.19. The normalized spacial score (nSPS) is 26.6. The van der Waals surface area contributed by atoms with Crippen LogP contribution in [0.4, 0.5) is 0 Å². The minimum Gasteiger partial charge on any atom is -0.396 e. The van der Waals surface area contributed by atoms with Crippen LogP contribution in [-0.2, 0) is 0 Å². The van der Waals surface area contributed by atoms with Crippen LogP contribution in [-0.4, -0.2) is 24.3 Å². The molecule has 1 unspecified atom stereocenters. The maximum absolute atomic E-state index is 9.19. The van der Waals surface area contributed by atoms with Gasteiger partial charge in [0.15, 0.2) is 0 Å². The average molecular weight is 213 g/mol. The highest BCUT2D eigenvalue weighted by molar-refractivity contribution is 4.84. The first kappa shape index (κ1) is 13.0. The van der Waals surface area contributed by atoms with Gasteiger partial charge in [-0.3, -0.25) is 0 Å².